The summed E-state index contributed by atoms with van der Waals surface area (Å²) in [5.41, 5.74) is 0. The van der Waals surface area contributed by atoms with Gasteiger partial charge in [-0.25, -0.2) is 0 Å². The van der Waals surface area contributed by atoms with Gasteiger partial charge in [-0.05, 0) is 0 Å². The van der Waals surface area contributed by atoms with Crippen molar-refractivity contribution in [2.75, 3.05) is 0 Å². The number of terminal acetylenes is 1. The van der Waals surface area contributed by atoms with Gasteiger partial charge in [-0.3, -0.25) is 0 Å². The zero-order valence-corrected chi connectivity index (χ0v) is 7.32. The van der Waals surface area contributed by atoms with Crippen molar-refractivity contribution >= 4 is 30.4 Å². The van der Waals surface area contributed by atoms with E-state index in [0.717, 1.165) is 8.91 Å². The molecule has 1 aromatic rings. The number of rotatable bonds is 0. The van der Waals surface area contributed by atoms with Crippen molar-refractivity contribution in [3.05, 3.63) is 19.9 Å². The SMILES string of the molecule is C#Cc1[se]ccc1Br. The van der Waals surface area contributed by atoms with Crippen LogP contribution in [0.5, 0.6) is 0 Å². The van der Waals surface area contributed by atoms with Gasteiger partial charge < -0.3 is 0 Å². The predicted octanol–water partition coefficient (Wildman–Crippen LogP) is 1.49. The second kappa shape index (κ2) is 2.55. The Morgan fingerprint density at radius 1 is 1.75 bits per heavy atom. The fraction of sp³-hybridized carbons (Fsp3) is 0. The Kier molecular flexibility index (Phi) is 1.96. The van der Waals surface area contributed by atoms with Crippen molar-refractivity contribution < 1.29 is 0 Å². The molecular formula is C6H3BrSe. The summed E-state index contributed by atoms with van der Waals surface area (Å²) in [6, 6.07) is 2.01. The molecule has 0 N–H and O–H groups in total. The van der Waals surface area contributed by atoms with Crippen LogP contribution in [0.15, 0.2) is 15.5 Å². The standard InChI is InChI=1S/C6H3BrSe/c1-2-6-5(7)3-4-8-6/h1,3-4H. The molecule has 0 saturated carbocycles. The van der Waals surface area contributed by atoms with Gasteiger partial charge >= 0.3 is 62.7 Å². The van der Waals surface area contributed by atoms with Crippen LogP contribution in [-0.4, -0.2) is 14.5 Å². The molecular weight excluding hydrogens is 231 g/mol. The third-order valence-corrected chi connectivity index (χ3v) is 3.77. The molecule has 0 aliphatic rings. The maximum atomic E-state index is 5.16. The molecule has 1 heterocycles. The van der Waals surface area contributed by atoms with Crippen LogP contribution in [0, 0.1) is 12.3 Å². The van der Waals surface area contributed by atoms with Gasteiger partial charge in [-0.15, -0.1) is 0 Å². The van der Waals surface area contributed by atoms with Crippen molar-refractivity contribution in [1.82, 2.24) is 0 Å². The summed E-state index contributed by atoms with van der Waals surface area (Å²) in [7, 11) is 0. The van der Waals surface area contributed by atoms with Crippen molar-refractivity contribution in [3.63, 3.8) is 0 Å². The van der Waals surface area contributed by atoms with Gasteiger partial charge in [0.15, 0.2) is 0 Å². The summed E-state index contributed by atoms with van der Waals surface area (Å²) < 4.78 is 2.19. The third-order valence-electron chi connectivity index (χ3n) is 0.748. The van der Waals surface area contributed by atoms with E-state index in [-0.39, 0.29) is 0 Å². The summed E-state index contributed by atoms with van der Waals surface area (Å²) in [4.78, 5) is 2.10. The normalized spacial score (nSPS) is 8.50. The first kappa shape index (κ1) is 6.16. The van der Waals surface area contributed by atoms with E-state index in [1.807, 2.05) is 6.07 Å². The summed E-state index contributed by atoms with van der Waals surface area (Å²) in [6.45, 7) is 0. The molecule has 40 valence electrons. The molecule has 0 spiro atoms. The molecule has 1 rings (SSSR count). The minimum absolute atomic E-state index is 0.424. The van der Waals surface area contributed by atoms with Crippen LogP contribution in [0.25, 0.3) is 0 Å². The van der Waals surface area contributed by atoms with Gasteiger partial charge in [-0.2, -0.15) is 0 Å². The topological polar surface area (TPSA) is 0 Å². The van der Waals surface area contributed by atoms with Crippen LogP contribution in [0.3, 0.4) is 0 Å². The van der Waals surface area contributed by atoms with E-state index in [2.05, 4.69) is 26.8 Å². The molecule has 0 bridgehead atoms. The quantitative estimate of drug-likeness (QED) is 0.471. The van der Waals surface area contributed by atoms with Gasteiger partial charge in [0.25, 0.3) is 0 Å². The van der Waals surface area contributed by atoms with E-state index in [4.69, 9.17) is 6.42 Å². The molecule has 0 aliphatic heterocycles. The van der Waals surface area contributed by atoms with Gasteiger partial charge in [-0.1, -0.05) is 0 Å². The third kappa shape index (κ3) is 1.06. The Labute approximate surface area is 62.8 Å². The molecule has 0 aromatic carbocycles. The second-order valence-electron chi connectivity index (χ2n) is 1.24. The Bertz CT molecular complexity index is 219. The molecule has 0 saturated heterocycles. The van der Waals surface area contributed by atoms with Crippen LogP contribution in [0.4, 0.5) is 0 Å². The zero-order valence-electron chi connectivity index (χ0n) is 4.02. The molecule has 0 radical (unpaired) electrons. The second-order valence-corrected chi connectivity index (χ2v) is 4.02. The van der Waals surface area contributed by atoms with Crippen LogP contribution >= 0.6 is 15.9 Å². The van der Waals surface area contributed by atoms with Crippen molar-refractivity contribution in [2.24, 2.45) is 0 Å². The Balaban J connectivity index is 3.15. The van der Waals surface area contributed by atoms with Crippen LogP contribution in [0.2, 0.25) is 0 Å². The van der Waals surface area contributed by atoms with Crippen LogP contribution < -0.4 is 0 Å². The fourth-order valence-corrected chi connectivity index (χ4v) is 2.76. The molecule has 0 nitrogen and oxygen atoms in total. The van der Waals surface area contributed by atoms with E-state index in [0.29, 0.717) is 14.5 Å². The molecule has 0 atom stereocenters. The Morgan fingerprint density at radius 2 is 2.50 bits per heavy atom. The Morgan fingerprint density at radius 3 is 2.75 bits per heavy atom. The first-order valence-electron chi connectivity index (χ1n) is 2.04. The van der Waals surface area contributed by atoms with E-state index in [9.17, 15) is 0 Å². The zero-order chi connectivity index (χ0) is 5.98. The molecule has 0 unspecified atom stereocenters. The summed E-state index contributed by atoms with van der Waals surface area (Å²) in [6.07, 6.45) is 5.16. The number of hydrogen-bond acceptors (Lipinski definition) is 0. The van der Waals surface area contributed by atoms with Crippen molar-refractivity contribution in [2.45, 2.75) is 0 Å². The molecule has 8 heavy (non-hydrogen) atoms. The van der Waals surface area contributed by atoms with Crippen LogP contribution in [-0.2, 0) is 0 Å². The molecule has 0 fully saturated rings. The average Bonchev–Trinajstić information content (AvgIpc) is 2.14. The van der Waals surface area contributed by atoms with Gasteiger partial charge in [0.1, 0.15) is 0 Å². The summed E-state index contributed by atoms with van der Waals surface area (Å²) >= 11 is 3.75. The van der Waals surface area contributed by atoms with E-state index in [1.54, 1.807) is 0 Å². The fourth-order valence-electron chi connectivity index (χ4n) is 0.397. The van der Waals surface area contributed by atoms with Crippen molar-refractivity contribution in [3.8, 4) is 12.3 Å². The maximum absolute atomic E-state index is 5.16. The number of hydrogen-bond donors (Lipinski definition) is 0. The van der Waals surface area contributed by atoms with E-state index < -0.39 is 0 Å². The number of halogens is 1. The van der Waals surface area contributed by atoms with Gasteiger partial charge in [0.2, 0.25) is 0 Å². The average molecular weight is 234 g/mol. The first-order chi connectivity index (χ1) is 3.84. The van der Waals surface area contributed by atoms with E-state index >= 15 is 0 Å². The monoisotopic (exact) mass is 234 g/mol. The first-order valence-corrected chi connectivity index (χ1v) is 4.68. The summed E-state index contributed by atoms with van der Waals surface area (Å²) in [5, 5.41) is 0. The van der Waals surface area contributed by atoms with E-state index in [1.165, 1.54) is 0 Å². The molecule has 0 amide bonds. The molecule has 0 aliphatic carbocycles. The molecule has 2 heteroatoms. The minimum atomic E-state index is 0.424. The van der Waals surface area contributed by atoms with Crippen molar-refractivity contribution in [1.29, 1.82) is 0 Å². The predicted molar refractivity (Wildman–Crippen MR) is 39.0 cm³/mol. The Hall–Kier alpha value is 0.0395. The van der Waals surface area contributed by atoms with Crippen LogP contribution in [0.1, 0.15) is 4.44 Å². The summed E-state index contributed by atoms with van der Waals surface area (Å²) in [5.74, 6) is 2.61. The molecule has 1 aromatic heterocycles. The van der Waals surface area contributed by atoms with Gasteiger partial charge in [0, 0.05) is 0 Å². The van der Waals surface area contributed by atoms with Gasteiger partial charge in [0.05, 0.1) is 0 Å².